The van der Waals surface area contributed by atoms with Crippen LogP contribution in [-0.2, 0) is 0 Å². The molecule has 0 saturated heterocycles. The van der Waals surface area contributed by atoms with Gasteiger partial charge in [-0.3, -0.25) is 4.72 Å². The van der Waals surface area contributed by atoms with Crippen LogP contribution in [0.2, 0.25) is 0 Å². The van der Waals surface area contributed by atoms with Gasteiger partial charge in [-0.2, -0.15) is 0 Å². The summed E-state index contributed by atoms with van der Waals surface area (Å²) in [5, 5.41) is 0. The van der Waals surface area contributed by atoms with E-state index in [1.54, 1.807) is 6.26 Å². The molecule has 0 aliphatic rings. The van der Waals surface area contributed by atoms with Crippen LogP contribution in [-0.4, -0.2) is 0 Å². The zero-order valence-corrected chi connectivity index (χ0v) is 10.3. The molecule has 1 aromatic carbocycles. The van der Waals surface area contributed by atoms with Crippen LogP contribution in [0.1, 0.15) is 17.4 Å². The third-order valence-corrected chi connectivity index (χ3v) is 2.89. The van der Waals surface area contributed by atoms with Gasteiger partial charge in [-0.05, 0) is 29.8 Å². The molecular weight excluding hydrogens is 274 g/mol. The summed E-state index contributed by atoms with van der Waals surface area (Å²) in [4.78, 5) is 0. The smallest absolute Gasteiger partial charge is 0.126 e. The van der Waals surface area contributed by atoms with Crippen LogP contribution in [0.4, 0.5) is 0 Å². The minimum Gasteiger partial charge on any atom is -0.467 e. The van der Waals surface area contributed by atoms with Crippen molar-refractivity contribution in [1.29, 1.82) is 0 Å². The monoisotopic (exact) mass is 283 g/mol. The molecule has 0 aliphatic heterocycles. The van der Waals surface area contributed by atoms with Crippen LogP contribution < -0.4 is 4.72 Å². The second-order valence-corrected chi connectivity index (χ2v) is 4.31. The largest absolute Gasteiger partial charge is 0.467 e. The van der Waals surface area contributed by atoms with Crippen molar-refractivity contribution in [3.8, 4) is 0 Å². The Morgan fingerprint density at radius 1 is 1.27 bits per heavy atom. The minimum absolute atomic E-state index is 0.0270. The first-order valence-corrected chi connectivity index (χ1v) is 5.74. The number of rotatable bonds is 3. The highest BCUT2D eigenvalue weighted by Crippen LogP contribution is 2.25. The van der Waals surface area contributed by atoms with E-state index in [0.717, 1.165) is 15.8 Å². The van der Waals surface area contributed by atoms with Crippen LogP contribution in [0.15, 0.2) is 51.6 Å². The summed E-state index contributed by atoms with van der Waals surface area (Å²) in [6.07, 6.45) is 1.66. The Labute approximate surface area is 102 Å². The van der Waals surface area contributed by atoms with E-state index in [4.69, 9.17) is 4.42 Å². The molecule has 0 spiro atoms. The average molecular weight is 284 g/mol. The predicted octanol–water partition coefficient (Wildman–Crippen LogP) is 3.57. The first kappa shape index (κ1) is 10.8. The van der Waals surface area contributed by atoms with Gasteiger partial charge >= 0.3 is 0 Å². The van der Waals surface area contributed by atoms with Crippen LogP contribution in [0.5, 0.6) is 0 Å². The molecule has 2 rings (SSSR count). The molecule has 4 heteroatoms. The van der Waals surface area contributed by atoms with Crippen LogP contribution in [0.3, 0.4) is 0 Å². The molecule has 2 aromatic rings. The summed E-state index contributed by atoms with van der Waals surface area (Å²) in [5.41, 5.74) is 1.11. The van der Waals surface area contributed by atoms with Crippen molar-refractivity contribution in [3.05, 3.63) is 58.5 Å². The molecule has 1 aromatic heterocycles. The summed E-state index contributed by atoms with van der Waals surface area (Å²) in [5.74, 6) is 0.850. The number of thiol groups is 1. The van der Waals surface area contributed by atoms with Gasteiger partial charge in [0.15, 0.2) is 0 Å². The number of furan rings is 1. The zero-order valence-electron chi connectivity index (χ0n) is 7.85. The van der Waals surface area contributed by atoms with E-state index in [1.807, 2.05) is 36.4 Å². The molecule has 0 aliphatic carbocycles. The highest BCUT2D eigenvalue weighted by Gasteiger charge is 2.14. The second-order valence-electron chi connectivity index (χ2n) is 3.13. The molecule has 15 heavy (non-hydrogen) atoms. The maximum atomic E-state index is 5.35. The Kier molecular flexibility index (Phi) is 3.51. The molecule has 0 radical (unpaired) electrons. The van der Waals surface area contributed by atoms with E-state index in [2.05, 4.69) is 33.5 Å². The van der Waals surface area contributed by atoms with Gasteiger partial charge < -0.3 is 4.42 Å². The summed E-state index contributed by atoms with van der Waals surface area (Å²) in [6.45, 7) is 0. The lowest BCUT2D eigenvalue weighted by Gasteiger charge is -2.13. The van der Waals surface area contributed by atoms with E-state index >= 15 is 0 Å². The van der Waals surface area contributed by atoms with Crippen LogP contribution >= 0.6 is 28.7 Å². The number of hydrogen-bond donors (Lipinski definition) is 2. The van der Waals surface area contributed by atoms with Gasteiger partial charge in [-0.1, -0.05) is 40.9 Å². The highest BCUT2D eigenvalue weighted by molar-refractivity contribution is 9.10. The molecule has 0 amide bonds. The van der Waals surface area contributed by atoms with E-state index in [9.17, 15) is 0 Å². The molecule has 0 bridgehead atoms. The summed E-state index contributed by atoms with van der Waals surface area (Å²) < 4.78 is 9.32. The van der Waals surface area contributed by atoms with Gasteiger partial charge in [0.05, 0.1) is 12.3 Å². The van der Waals surface area contributed by atoms with Gasteiger partial charge in [-0.15, -0.1) is 0 Å². The summed E-state index contributed by atoms with van der Waals surface area (Å²) in [6, 6.07) is 11.8. The maximum absolute atomic E-state index is 5.35. The van der Waals surface area contributed by atoms with Crippen LogP contribution in [0, 0.1) is 0 Å². The van der Waals surface area contributed by atoms with Crippen molar-refractivity contribution in [2.24, 2.45) is 0 Å². The van der Waals surface area contributed by atoms with Crippen molar-refractivity contribution < 1.29 is 4.42 Å². The van der Waals surface area contributed by atoms with Crippen molar-refractivity contribution >= 4 is 28.7 Å². The van der Waals surface area contributed by atoms with E-state index in [0.29, 0.717) is 0 Å². The molecule has 1 atom stereocenters. The van der Waals surface area contributed by atoms with Gasteiger partial charge in [-0.25, -0.2) is 0 Å². The topological polar surface area (TPSA) is 25.2 Å². The number of hydrogen-bond acceptors (Lipinski definition) is 3. The maximum Gasteiger partial charge on any atom is 0.126 e. The normalized spacial score (nSPS) is 12.7. The van der Waals surface area contributed by atoms with E-state index in [-0.39, 0.29) is 6.04 Å². The molecule has 1 heterocycles. The first-order chi connectivity index (χ1) is 7.31. The van der Waals surface area contributed by atoms with Crippen LogP contribution in [0.25, 0.3) is 0 Å². The Morgan fingerprint density at radius 2 is 2.13 bits per heavy atom. The molecular formula is C11H10BrNOS. The Bertz CT molecular complexity index is 430. The van der Waals surface area contributed by atoms with Gasteiger partial charge in [0.2, 0.25) is 0 Å². The predicted molar refractivity (Wildman–Crippen MR) is 66.8 cm³/mol. The second kappa shape index (κ2) is 4.88. The third-order valence-electron chi connectivity index (χ3n) is 2.14. The third kappa shape index (κ3) is 2.45. The SMILES string of the molecule is SNC(c1cccc(Br)c1)c1ccco1. The number of benzene rings is 1. The van der Waals surface area contributed by atoms with Gasteiger partial charge in [0.1, 0.15) is 5.76 Å². The lowest BCUT2D eigenvalue weighted by Crippen LogP contribution is -2.12. The fraction of sp³-hybridized carbons (Fsp3) is 0.0909. The number of nitrogens with one attached hydrogen (secondary N) is 1. The highest BCUT2D eigenvalue weighted by atomic mass is 79.9. The molecule has 1 N–H and O–H groups in total. The van der Waals surface area contributed by atoms with Gasteiger partial charge in [0.25, 0.3) is 0 Å². The summed E-state index contributed by atoms with van der Waals surface area (Å²) in [7, 11) is 0. The molecule has 78 valence electrons. The Morgan fingerprint density at radius 3 is 2.73 bits per heavy atom. The zero-order chi connectivity index (χ0) is 10.7. The Hall–Kier alpha value is -0.710. The van der Waals surface area contributed by atoms with E-state index < -0.39 is 0 Å². The lowest BCUT2D eigenvalue weighted by atomic mass is 10.1. The minimum atomic E-state index is -0.0270. The molecule has 1 unspecified atom stereocenters. The van der Waals surface area contributed by atoms with Crippen molar-refractivity contribution in [3.63, 3.8) is 0 Å². The standard InChI is InChI=1S/C11H10BrNOS/c12-9-4-1-3-8(7-9)11(13-15)10-5-2-6-14-10/h1-7,11,13,15H. The quantitative estimate of drug-likeness (QED) is 0.842. The summed E-state index contributed by atoms with van der Waals surface area (Å²) >= 11 is 7.56. The van der Waals surface area contributed by atoms with E-state index in [1.165, 1.54) is 0 Å². The van der Waals surface area contributed by atoms with Gasteiger partial charge in [0, 0.05) is 4.47 Å². The molecule has 2 nitrogen and oxygen atoms in total. The Balaban J connectivity index is 2.35. The van der Waals surface area contributed by atoms with Crippen molar-refractivity contribution in [2.75, 3.05) is 0 Å². The molecule has 0 fully saturated rings. The number of halogens is 1. The van der Waals surface area contributed by atoms with Crippen molar-refractivity contribution in [1.82, 2.24) is 4.72 Å². The fourth-order valence-corrected chi connectivity index (χ4v) is 2.14. The first-order valence-electron chi connectivity index (χ1n) is 4.50. The van der Waals surface area contributed by atoms with Crippen molar-refractivity contribution in [2.45, 2.75) is 6.04 Å². The average Bonchev–Trinajstić information content (AvgIpc) is 2.72. The molecule has 0 saturated carbocycles. The lowest BCUT2D eigenvalue weighted by molar-refractivity contribution is 0.481. The fourth-order valence-electron chi connectivity index (χ4n) is 1.44.